The third kappa shape index (κ3) is 3.19. The fourth-order valence-corrected chi connectivity index (χ4v) is 2.08. The van der Waals surface area contributed by atoms with E-state index < -0.39 is 16.2 Å². The second kappa shape index (κ2) is 5.92. The van der Waals surface area contributed by atoms with Gasteiger partial charge in [0, 0.05) is 28.9 Å². The van der Waals surface area contributed by atoms with E-state index in [4.69, 9.17) is 11.6 Å². The number of aromatic nitrogens is 2. The molecule has 2 rings (SSSR count). The lowest BCUT2D eigenvalue weighted by Crippen LogP contribution is -2.31. The maximum atomic E-state index is 11.8. The number of nitro groups is 1. The minimum absolute atomic E-state index is 0.0448. The second-order valence-electron chi connectivity index (χ2n) is 4.43. The average Bonchev–Trinajstić information content (AvgIpc) is 2.43. The van der Waals surface area contributed by atoms with Crippen molar-refractivity contribution in [2.24, 2.45) is 0 Å². The average molecular weight is 310 g/mol. The number of nitrogens with zero attached hydrogens (tertiary/aromatic N) is 2. The molecule has 0 saturated carbocycles. The molecule has 1 aromatic carbocycles. The molecule has 0 fully saturated rings. The van der Waals surface area contributed by atoms with Gasteiger partial charge in [0.15, 0.2) is 0 Å². The van der Waals surface area contributed by atoms with Gasteiger partial charge in [-0.1, -0.05) is 18.5 Å². The molecule has 8 heteroatoms. The molecule has 0 saturated heterocycles. The van der Waals surface area contributed by atoms with Crippen LogP contribution in [-0.4, -0.2) is 14.5 Å². The molecule has 0 spiro atoms. The predicted molar refractivity (Wildman–Crippen MR) is 77.9 cm³/mol. The first-order chi connectivity index (χ1) is 9.92. The Morgan fingerprint density at radius 1 is 1.33 bits per heavy atom. The van der Waals surface area contributed by atoms with Crippen molar-refractivity contribution in [1.82, 2.24) is 9.55 Å². The van der Waals surface area contributed by atoms with Crippen LogP contribution in [0.1, 0.15) is 18.1 Å². The number of H-pyrrole nitrogens is 1. The largest absolute Gasteiger partial charge is 0.328 e. The second-order valence-corrected chi connectivity index (χ2v) is 4.84. The van der Waals surface area contributed by atoms with Gasteiger partial charge in [-0.05, 0) is 18.1 Å². The number of aryl methyl sites for hydroxylation is 1. The fourth-order valence-electron chi connectivity index (χ4n) is 1.90. The molecule has 0 unspecified atom stereocenters. The normalized spacial score (nSPS) is 10.6. The summed E-state index contributed by atoms with van der Waals surface area (Å²) < 4.78 is 1.27. The Labute approximate surface area is 124 Å². The molecule has 0 bridgehead atoms. The summed E-state index contributed by atoms with van der Waals surface area (Å²) in [4.78, 5) is 35.7. The number of aromatic amines is 1. The van der Waals surface area contributed by atoms with E-state index in [2.05, 4.69) is 4.98 Å². The predicted octanol–water partition coefficient (Wildman–Crippen LogP) is 1.71. The summed E-state index contributed by atoms with van der Waals surface area (Å²) in [5.74, 6) is 0. The Bertz CT molecular complexity index is 810. The van der Waals surface area contributed by atoms with Gasteiger partial charge in [0.1, 0.15) is 0 Å². The summed E-state index contributed by atoms with van der Waals surface area (Å²) in [6.45, 7) is 1.84. The summed E-state index contributed by atoms with van der Waals surface area (Å²) in [6.07, 6.45) is 1.91. The van der Waals surface area contributed by atoms with Crippen molar-refractivity contribution in [3.8, 4) is 0 Å². The number of nitrogens with one attached hydrogen (secondary N) is 1. The molecular formula is C13H12ClN3O4. The van der Waals surface area contributed by atoms with Crippen molar-refractivity contribution in [1.29, 1.82) is 0 Å². The van der Waals surface area contributed by atoms with Gasteiger partial charge in [-0.3, -0.25) is 24.5 Å². The molecule has 0 aliphatic heterocycles. The third-order valence-electron chi connectivity index (χ3n) is 3.05. The first kappa shape index (κ1) is 15.0. The summed E-state index contributed by atoms with van der Waals surface area (Å²) in [6, 6.07) is 4.01. The Hall–Kier alpha value is -2.41. The quantitative estimate of drug-likeness (QED) is 0.686. The maximum absolute atomic E-state index is 11.8. The van der Waals surface area contributed by atoms with E-state index in [9.17, 15) is 19.7 Å². The highest BCUT2D eigenvalue weighted by molar-refractivity contribution is 6.31. The van der Waals surface area contributed by atoms with Gasteiger partial charge in [-0.25, -0.2) is 4.79 Å². The first-order valence-corrected chi connectivity index (χ1v) is 6.55. The smallest absolute Gasteiger partial charge is 0.296 e. The van der Waals surface area contributed by atoms with Crippen LogP contribution in [0.3, 0.4) is 0 Å². The first-order valence-electron chi connectivity index (χ1n) is 6.17. The standard InChI is InChI=1S/C13H12ClN3O4/c1-2-8-6-16(13(19)15-12(8)18)7-9-5-10(17(20)21)3-4-11(9)14/h3-6H,2,7H2,1H3,(H,15,18,19). The van der Waals surface area contributed by atoms with Crippen LogP contribution in [0.2, 0.25) is 5.02 Å². The Morgan fingerprint density at radius 2 is 2.05 bits per heavy atom. The number of hydrogen-bond acceptors (Lipinski definition) is 4. The summed E-state index contributed by atoms with van der Waals surface area (Å²) in [5.41, 5.74) is -0.232. The molecule has 0 radical (unpaired) electrons. The van der Waals surface area contributed by atoms with E-state index in [1.165, 1.54) is 29.0 Å². The molecule has 21 heavy (non-hydrogen) atoms. The van der Waals surface area contributed by atoms with Gasteiger partial charge >= 0.3 is 5.69 Å². The van der Waals surface area contributed by atoms with Crippen molar-refractivity contribution >= 4 is 17.3 Å². The van der Waals surface area contributed by atoms with Gasteiger partial charge in [-0.15, -0.1) is 0 Å². The zero-order valence-corrected chi connectivity index (χ0v) is 11.9. The van der Waals surface area contributed by atoms with Gasteiger partial charge in [0.2, 0.25) is 0 Å². The van der Waals surface area contributed by atoms with Crippen molar-refractivity contribution in [3.05, 3.63) is 71.5 Å². The molecule has 1 N–H and O–H groups in total. The molecule has 110 valence electrons. The monoisotopic (exact) mass is 309 g/mol. The van der Waals surface area contributed by atoms with Crippen LogP contribution in [0.5, 0.6) is 0 Å². The van der Waals surface area contributed by atoms with Crippen molar-refractivity contribution in [3.63, 3.8) is 0 Å². The Kier molecular flexibility index (Phi) is 4.23. The molecule has 0 atom stereocenters. The molecule has 0 amide bonds. The van der Waals surface area contributed by atoms with Crippen LogP contribution in [0.15, 0.2) is 34.0 Å². The molecule has 1 heterocycles. The summed E-state index contributed by atoms with van der Waals surface area (Å²) in [5, 5.41) is 11.1. The minimum Gasteiger partial charge on any atom is -0.296 e. The van der Waals surface area contributed by atoms with Gasteiger partial charge in [0.05, 0.1) is 11.5 Å². The van der Waals surface area contributed by atoms with Crippen LogP contribution in [-0.2, 0) is 13.0 Å². The van der Waals surface area contributed by atoms with Crippen molar-refractivity contribution in [2.45, 2.75) is 19.9 Å². The molecule has 0 aliphatic rings. The molecule has 2 aromatic rings. The number of rotatable bonds is 4. The molecular weight excluding hydrogens is 298 g/mol. The van der Waals surface area contributed by atoms with Gasteiger partial charge in [0.25, 0.3) is 11.2 Å². The Morgan fingerprint density at radius 3 is 2.67 bits per heavy atom. The topological polar surface area (TPSA) is 98.0 Å². The number of hydrogen-bond donors (Lipinski definition) is 1. The molecule has 0 aliphatic carbocycles. The minimum atomic E-state index is -0.584. The summed E-state index contributed by atoms with van der Waals surface area (Å²) in [7, 11) is 0. The molecule has 7 nitrogen and oxygen atoms in total. The molecule has 1 aromatic heterocycles. The summed E-state index contributed by atoms with van der Waals surface area (Å²) >= 11 is 6.00. The van der Waals surface area contributed by atoms with E-state index in [0.717, 1.165) is 0 Å². The number of halogens is 1. The van der Waals surface area contributed by atoms with Gasteiger partial charge < -0.3 is 0 Å². The van der Waals surface area contributed by atoms with Gasteiger partial charge in [-0.2, -0.15) is 0 Å². The van der Waals surface area contributed by atoms with Crippen LogP contribution in [0.25, 0.3) is 0 Å². The SMILES string of the molecule is CCc1cn(Cc2cc([N+](=O)[O-])ccc2Cl)c(=O)[nH]c1=O. The Balaban J connectivity index is 2.47. The van der Waals surface area contributed by atoms with Crippen LogP contribution >= 0.6 is 11.6 Å². The lowest BCUT2D eigenvalue weighted by atomic mass is 10.2. The third-order valence-corrected chi connectivity index (χ3v) is 3.42. The fraction of sp³-hybridized carbons (Fsp3) is 0.231. The van der Waals surface area contributed by atoms with Crippen molar-refractivity contribution in [2.75, 3.05) is 0 Å². The lowest BCUT2D eigenvalue weighted by molar-refractivity contribution is -0.384. The van der Waals surface area contributed by atoms with E-state index in [1.807, 2.05) is 0 Å². The lowest BCUT2D eigenvalue weighted by Gasteiger charge is -2.08. The zero-order valence-electron chi connectivity index (χ0n) is 11.1. The highest BCUT2D eigenvalue weighted by Gasteiger charge is 2.11. The highest BCUT2D eigenvalue weighted by atomic mass is 35.5. The van der Waals surface area contributed by atoms with Crippen LogP contribution in [0, 0.1) is 10.1 Å². The zero-order chi connectivity index (χ0) is 15.6. The highest BCUT2D eigenvalue weighted by Crippen LogP contribution is 2.22. The number of benzene rings is 1. The van der Waals surface area contributed by atoms with E-state index in [-0.39, 0.29) is 12.2 Å². The van der Waals surface area contributed by atoms with E-state index in [0.29, 0.717) is 22.6 Å². The van der Waals surface area contributed by atoms with E-state index >= 15 is 0 Å². The van der Waals surface area contributed by atoms with E-state index in [1.54, 1.807) is 6.92 Å². The van der Waals surface area contributed by atoms with Crippen molar-refractivity contribution < 1.29 is 4.92 Å². The number of non-ortho nitro benzene ring substituents is 1. The number of nitro benzene ring substituents is 1. The maximum Gasteiger partial charge on any atom is 0.328 e. The van der Waals surface area contributed by atoms with Crippen LogP contribution in [0.4, 0.5) is 5.69 Å². The van der Waals surface area contributed by atoms with Crippen LogP contribution < -0.4 is 11.2 Å².